The van der Waals surface area contributed by atoms with E-state index in [1.165, 1.54) is 24.5 Å². The SMILES string of the molecule is Cl.O=C(O)C=C(c1ccc(Cl)cc1)c1ccc(CN2CCCC2)cc1. The lowest BCUT2D eigenvalue weighted by molar-refractivity contribution is -0.131. The van der Waals surface area contributed by atoms with Gasteiger partial charge in [0, 0.05) is 17.6 Å². The predicted octanol–water partition coefficient (Wildman–Crippen LogP) is 4.87. The van der Waals surface area contributed by atoms with E-state index >= 15 is 0 Å². The number of carboxylic acid groups (broad SMARTS) is 1. The third kappa shape index (κ3) is 5.33. The van der Waals surface area contributed by atoms with Gasteiger partial charge in [-0.1, -0.05) is 48.0 Å². The number of carbonyl (C=O) groups is 1. The van der Waals surface area contributed by atoms with Crippen molar-refractivity contribution in [3.8, 4) is 0 Å². The smallest absolute Gasteiger partial charge is 0.328 e. The minimum Gasteiger partial charge on any atom is -0.478 e. The second kappa shape index (κ2) is 9.04. The Morgan fingerprint density at radius 3 is 2.04 bits per heavy atom. The topological polar surface area (TPSA) is 40.5 Å². The van der Waals surface area contributed by atoms with Gasteiger partial charge in [0.2, 0.25) is 0 Å². The molecule has 0 atom stereocenters. The molecule has 1 aliphatic rings. The second-order valence-corrected chi connectivity index (χ2v) is 6.52. The highest BCUT2D eigenvalue weighted by Crippen LogP contribution is 2.25. The van der Waals surface area contributed by atoms with Gasteiger partial charge >= 0.3 is 5.97 Å². The standard InChI is InChI=1S/C20H20ClNO2.ClH/c21-18-9-7-17(8-10-18)19(13-20(23)24)16-5-3-15(4-6-16)14-22-11-1-2-12-22;/h3-10,13H,1-2,11-12,14H2,(H,23,24);1H. The van der Waals surface area contributed by atoms with Gasteiger partial charge in [0.25, 0.3) is 0 Å². The first kappa shape index (κ1) is 19.5. The molecule has 0 unspecified atom stereocenters. The molecule has 1 heterocycles. The number of rotatable bonds is 5. The van der Waals surface area contributed by atoms with Gasteiger partial charge in [0.1, 0.15) is 0 Å². The fourth-order valence-corrected chi connectivity index (χ4v) is 3.20. The number of nitrogens with zero attached hydrogens (tertiary/aromatic N) is 1. The maximum atomic E-state index is 11.2. The summed E-state index contributed by atoms with van der Waals surface area (Å²) in [6, 6.07) is 15.4. The Morgan fingerprint density at radius 2 is 1.52 bits per heavy atom. The summed E-state index contributed by atoms with van der Waals surface area (Å²) >= 11 is 5.93. The summed E-state index contributed by atoms with van der Waals surface area (Å²) in [5.41, 5.74) is 3.68. The molecule has 0 amide bonds. The van der Waals surface area contributed by atoms with Crippen molar-refractivity contribution in [2.75, 3.05) is 13.1 Å². The average Bonchev–Trinajstić information content (AvgIpc) is 3.07. The van der Waals surface area contributed by atoms with Crippen LogP contribution in [0.15, 0.2) is 54.6 Å². The molecule has 1 fully saturated rings. The molecule has 0 saturated carbocycles. The van der Waals surface area contributed by atoms with Crippen LogP contribution < -0.4 is 0 Å². The second-order valence-electron chi connectivity index (χ2n) is 6.08. The lowest BCUT2D eigenvalue weighted by Crippen LogP contribution is -2.18. The fourth-order valence-electron chi connectivity index (χ4n) is 3.07. The number of hydrogen-bond donors (Lipinski definition) is 1. The van der Waals surface area contributed by atoms with Crippen LogP contribution in [0.1, 0.15) is 29.5 Å². The van der Waals surface area contributed by atoms with Crippen molar-refractivity contribution in [3.05, 3.63) is 76.3 Å². The van der Waals surface area contributed by atoms with Crippen LogP contribution in [0.4, 0.5) is 0 Å². The van der Waals surface area contributed by atoms with Crippen LogP contribution in [0, 0.1) is 0 Å². The van der Waals surface area contributed by atoms with Gasteiger partial charge in [-0.25, -0.2) is 4.79 Å². The fraction of sp³-hybridized carbons (Fsp3) is 0.250. The van der Waals surface area contributed by atoms with Crippen LogP contribution in [0.5, 0.6) is 0 Å². The molecule has 0 spiro atoms. The molecule has 2 aromatic carbocycles. The highest BCUT2D eigenvalue weighted by atomic mass is 35.5. The monoisotopic (exact) mass is 377 g/mol. The third-order valence-corrected chi connectivity index (χ3v) is 4.54. The highest BCUT2D eigenvalue weighted by molar-refractivity contribution is 6.30. The van der Waals surface area contributed by atoms with Gasteiger partial charge in [-0.2, -0.15) is 0 Å². The Kier molecular flexibility index (Phi) is 7.06. The lowest BCUT2D eigenvalue weighted by atomic mass is 9.96. The molecular weight excluding hydrogens is 357 g/mol. The van der Waals surface area contributed by atoms with Gasteiger partial charge < -0.3 is 5.11 Å². The maximum Gasteiger partial charge on any atom is 0.328 e. The zero-order valence-corrected chi connectivity index (χ0v) is 15.4. The first-order chi connectivity index (χ1) is 11.6. The van der Waals surface area contributed by atoms with E-state index in [1.807, 2.05) is 24.3 Å². The quantitative estimate of drug-likeness (QED) is 0.755. The van der Waals surface area contributed by atoms with Gasteiger partial charge in [0.05, 0.1) is 0 Å². The minimum atomic E-state index is -0.957. The number of likely N-dealkylation sites (tertiary alicyclic amines) is 1. The molecule has 2 aromatic rings. The summed E-state index contributed by atoms with van der Waals surface area (Å²) < 4.78 is 0. The highest BCUT2D eigenvalue weighted by Gasteiger charge is 2.12. The average molecular weight is 378 g/mol. The molecule has 1 N–H and O–H groups in total. The molecule has 3 rings (SSSR count). The van der Waals surface area contributed by atoms with Crippen LogP contribution >= 0.6 is 24.0 Å². The van der Waals surface area contributed by atoms with E-state index in [9.17, 15) is 9.90 Å². The zero-order valence-electron chi connectivity index (χ0n) is 13.8. The van der Waals surface area contributed by atoms with Gasteiger partial charge in [0.15, 0.2) is 0 Å². The van der Waals surface area contributed by atoms with E-state index < -0.39 is 5.97 Å². The van der Waals surface area contributed by atoms with Gasteiger partial charge in [-0.15, -0.1) is 12.4 Å². The lowest BCUT2D eigenvalue weighted by Gasteiger charge is -2.15. The van der Waals surface area contributed by atoms with E-state index in [0.717, 1.165) is 30.8 Å². The Bertz CT molecular complexity index is 733. The van der Waals surface area contributed by atoms with Crippen molar-refractivity contribution in [2.24, 2.45) is 0 Å². The van der Waals surface area contributed by atoms with Crippen molar-refractivity contribution in [2.45, 2.75) is 19.4 Å². The molecule has 0 radical (unpaired) electrons. The van der Waals surface area contributed by atoms with E-state index in [1.54, 1.807) is 12.1 Å². The van der Waals surface area contributed by atoms with Crippen molar-refractivity contribution in [1.82, 2.24) is 4.90 Å². The Balaban J connectivity index is 0.00000225. The number of halogens is 2. The molecule has 5 heteroatoms. The van der Waals surface area contributed by atoms with Crippen LogP contribution in [0.25, 0.3) is 5.57 Å². The van der Waals surface area contributed by atoms with Crippen molar-refractivity contribution < 1.29 is 9.90 Å². The zero-order chi connectivity index (χ0) is 16.9. The summed E-state index contributed by atoms with van der Waals surface area (Å²) in [6.07, 6.45) is 3.80. The largest absolute Gasteiger partial charge is 0.478 e. The number of aliphatic carboxylic acids is 1. The van der Waals surface area contributed by atoms with Gasteiger partial charge in [-0.3, -0.25) is 4.90 Å². The first-order valence-corrected chi connectivity index (χ1v) is 8.52. The molecule has 0 aromatic heterocycles. The number of carboxylic acids is 1. The molecule has 0 bridgehead atoms. The van der Waals surface area contributed by atoms with Crippen LogP contribution in [0.3, 0.4) is 0 Å². The summed E-state index contributed by atoms with van der Waals surface area (Å²) in [5, 5.41) is 9.83. The summed E-state index contributed by atoms with van der Waals surface area (Å²) in [6.45, 7) is 3.28. The third-order valence-electron chi connectivity index (χ3n) is 4.29. The Hall–Kier alpha value is -1.81. The van der Waals surface area contributed by atoms with Crippen molar-refractivity contribution in [1.29, 1.82) is 0 Å². The molecule has 1 saturated heterocycles. The van der Waals surface area contributed by atoms with Crippen LogP contribution in [0.2, 0.25) is 5.02 Å². The van der Waals surface area contributed by atoms with Crippen LogP contribution in [-0.2, 0) is 11.3 Å². The maximum absolute atomic E-state index is 11.2. The van der Waals surface area contributed by atoms with E-state index in [-0.39, 0.29) is 12.4 Å². The van der Waals surface area contributed by atoms with E-state index in [4.69, 9.17) is 11.6 Å². The summed E-state index contributed by atoms with van der Waals surface area (Å²) in [7, 11) is 0. The number of benzene rings is 2. The molecular formula is C20H21Cl2NO2. The van der Waals surface area contributed by atoms with Gasteiger partial charge in [-0.05, 0) is 60.3 Å². The summed E-state index contributed by atoms with van der Waals surface area (Å²) in [5.74, 6) is -0.957. The van der Waals surface area contributed by atoms with Crippen molar-refractivity contribution in [3.63, 3.8) is 0 Å². The van der Waals surface area contributed by atoms with Crippen molar-refractivity contribution >= 4 is 35.6 Å². The van der Waals surface area contributed by atoms with E-state index in [0.29, 0.717) is 10.6 Å². The first-order valence-electron chi connectivity index (χ1n) is 8.14. The summed E-state index contributed by atoms with van der Waals surface area (Å²) in [4.78, 5) is 13.7. The number of hydrogen-bond acceptors (Lipinski definition) is 2. The molecule has 132 valence electrons. The van der Waals surface area contributed by atoms with Crippen LogP contribution in [-0.4, -0.2) is 29.1 Å². The molecule has 0 aliphatic carbocycles. The normalized spacial score (nSPS) is 15.0. The Morgan fingerprint density at radius 1 is 1.00 bits per heavy atom. The predicted molar refractivity (Wildman–Crippen MR) is 104 cm³/mol. The molecule has 25 heavy (non-hydrogen) atoms. The van der Waals surface area contributed by atoms with E-state index in [2.05, 4.69) is 17.0 Å². The molecule has 1 aliphatic heterocycles. The molecule has 3 nitrogen and oxygen atoms in total. The Labute approximate surface area is 159 Å². The minimum absolute atomic E-state index is 0.